The van der Waals surface area contributed by atoms with Crippen LogP contribution in [0.4, 0.5) is 0 Å². The van der Waals surface area contributed by atoms with Crippen LogP contribution in [0.25, 0.3) is 0 Å². The molecule has 3 nitrogen and oxygen atoms in total. The standard InChI is InChI=1S/C14H16N2OS/c1-9-6-14(11(3)18-9)10(2)16-8-13-5-4-12(7-15)17-13/h4-6,10,16H,8H2,1-3H3. The molecule has 0 radical (unpaired) electrons. The number of furan rings is 1. The molecule has 1 N–H and O–H groups in total. The van der Waals surface area contributed by atoms with E-state index in [2.05, 4.69) is 32.2 Å². The Labute approximate surface area is 111 Å². The van der Waals surface area contributed by atoms with Crippen LogP contribution >= 0.6 is 11.3 Å². The van der Waals surface area contributed by atoms with Gasteiger partial charge in [0.1, 0.15) is 11.8 Å². The molecule has 0 saturated heterocycles. The average molecular weight is 260 g/mol. The quantitative estimate of drug-likeness (QED) is 0.912. The van der Waals surface area contributed by atoms with Gasteiger partial charge in [-0.25, -0.2) is 0 Å². The Hall–Kier alpha value is -1.57. The zero-order valence-corrected chi connectivity index (χ0v) is 11.6. The van der Waals surface area contributed by atoms with Crippen LogP contribution in [-0.2, 0) is 6.54 Å². The molecule has 2 aromatic heterocycles. The molecule has 0 bridgehead atoms. The SMILES string of the molecule is Cc1cc(C(C)NCc2ccc(C#N)o2)c(C)s1. The number of nitriles is 1. The lowest BCUT2D eigenvalue weighted by atomic mass is 10.1. The molecule has 2 rings (SSSR count). The monoisotopic (exact) mass is 260 g/mol. The van der Waals surface area contributed by atoms with Crippen molar-refractivity contribution in [2.45, 2.75) is 33.4 Å². The third kappa shape index (κ3) is 2.81. The van der Waals surface area contributed by atoms with E-state index in [9.17, 15) is 0 Å². The van der Waals surface area contributed by atoms with Crippen LogP contribution < -0.4 is 5.32 Å². The molecule has 1 atom stereocenters. The van der Waals surface area contributed by atoms with Crippen LogP contribution in [-0.4, -0.2) is 0 Å². The second-order valence-electron chi connectivity index (χ2n) is 4.35. The summed E-state index contributed by atoms with van der Waals surface area (Å²) in [6, 6.07) is 8.03. The number of nitrogens with one attached hydrogen (secondary N) is 1. The highest BCUT2D eigenvalue weighted by Gasteiger charge is 2.11. The Morgan fingerprint density at radius 2 is 2.22 bits per heavy atom. The summed E-state index contributed by atoms with van der Waals surface area (Å²) in [7, 11) is 0. The van der Waals surface area contributed by atoms with Crippen LogP contribution in [0.15, 0.2) is 22.6 Å². The minimum atomic E-state index is 0.283. The maximum atomic E-state index is 8.68. The Bertz CT molecular complexity index is 577. The van der Waals surface area contributed by atoms with Crippen molar-refractivity contribution in [3.63, 3.8) is 0 Å². The number of aryl methyl sites for hydroxylation is 2. The van der Waals surface area contributed by atoms with Crippen molar-refractivity contribution >= 4 is 11.3 Å². The van der Waals surface area contributed by atoms with E-state index in [0.29, 0.717) is 12.3 Å². The van der Waals surface area contributed by atoms with Crippen LogP contribution in [0.2, 0.25) is 0 Å². The molecule has 0 aliphatic carbocycles. The van der Waals surface area contributed by atoms with Crippen LogP contribution in [0.1, 0.15) is 39.8 Å². The molecule has 0 aliphatic rings. The highest BCUT2D eigenvalue weighted by molar-refractivity contribution is 7.12. The van der Waals surface area contributed by atoms with E-state index in [4.69, 9.17) is 9.68 Å². The highest BCUT2D eigenvalue weighted by Crippen LogP contribution is 2.26. The second-order valence-corrected chi connectivity index (χ2v) is 5.81. The fraction of sp³-hybridized carbons (Fsp3) is 0.357. The summed E-state index contributed by atoms with van der Waals surface area (Å²) in [5.41, 5.74) is 1.34. The van der Waals surface area contributed by atoms with Gasteiger partial charge in [-0.05, 0) is 44.5 Å². The molecule has 0 fully saturated rings. The van der Waals surface area contributed by atoms with Crippen molar-refractivity contribution in [2.24, 2.45) is 0 Å². The second kappa shape index (κ2) is 5.38. The van der Waals surface area contributed by atoms with E-state index in [0.717, 1.165) is 5.76 Å². The van der Waals surface area contributed by atoms with E-state index < -0.39 is 0 Å². The Morgan fingerprint density at radius 3 is 2.78 bits per heavy atom. The normalized spacial score (nSPS) is 12.3. The molecule has 0 saturated carbocycles. The number of rotatable bonds is 4. The van der Waals surface area contributed by atoms with E-state index in [1.165, 1.54) is 15.3 Å². The van der Waals surface area contributed by atoms with Gasteiger partial charge < -0.3 is 9.73 Å². The van der Waals surface area contributed by atoms with Crippen molar-refractivity contribution in [3.8, 4) is 6.07 Å². The minimum Gasteiger partial charge on any atom is -0.449 e. The fourth-order valence-corrected chi connectivity index (χ4v) is 3.00. The first-order valence-corrected chi connectivity index (χ1v) is 6.71. The van der Waals surface area contributed by atoms with Crippen molar-refractivity contribution in [1.82, 2.24) is 5.32 Å². The number of thiophene rings is 1. The molecule has 2 aromatic rings. The molecule has 4 heteroatoms. The van der Waals surface area contributed by atoms with Crippen molar-refractivity contribution in [3.05, 3.63) is 45.0 Å². The van der Waals surface area contributed by atoms with E-state index in [1.54, 1.807) is 6.07 Å². The van der Waals surface area contributed by atoms with Crippen LogP contribution in [0, 0.1) is 25.2 Å². The molecule has 0 amide bonds. The molecular weight excluding hydrogens is 244 g/mol. The third-order valence-electron chi connectivity index (χ3n) is 2.90. The van der Waals surface area contributed by atoms with Crippen LogP contribution in [0.5, 0.6) is 0 Å². The maximum absolute atomic E-state index is 8.68. The molecular formula is C14H16N2OS. The topological polar surface area (TPSA) is 49.0 Å². The lowest BCUT2D eigenvalue weighted by Gasteiger charge is -2.12. The predicted molar refractivity (Wildman–Crippen MR) is 72.5 cm³/mol. The first kappa shape index (κ1) is 12.9. The Kier molecular flexibility index (Phi) is 3.85. The van der Waals surface area contributed by atoms with Gasteiger partial charge in [-0.3, -0.25) is 0 Å². The van der Waals surface area contributed by atoms with E-state index >= 15 is 0 Å². The molecule has 1 unspecified atom stereocenters. The lowest BCUT2D eigenvalue weighted by Crippen LogP contribution is -2.17. The molecule has 94 valence electrons. The fourth-order valence-electron chi connectivity index (χ4n) is 1.98. The van der Waals surface area contributed by atoms with Crippen LogP contribution in [0.3, 0.4) is 0 Å². The highest BCUT2D eigenvalue weighted by atomic mass is 32.1. The van der Waals surface area contributed by atoms with Gasteiger partial charge in [-0.2, -0.15) is 5.26 Å². The van der Waals surface area contributed by atoms with E-state index in [-0.39, 0.29) is 6.04 Å². The van der Waals surface area contributed by atoms with Gasteiger partial charge in [0.15, 0.2) is 0 Å². The number of nitrogens with zero attached hydrogens (tertiary/aromatic N) is 1. The zero-order valence-electron chi connectivity index (χ0n) is 10.8. The Balaban J connectivity index is 1.98. The Morgan fingerprint density at radius 1 is 1.44 bits per heavy atom. The van der Waals surface area contributed by atoms with Crippen molar-refractivity contribution in [2.75, 3.05) is 0 Å². The van der Waals surface area contributed by atoms with Gasteiger partial charge in [0.25, 0.3) is 0 Å². The summed E-state index contributed by atoms with van der Waals surface area (Å²) in [4.78, 5) is 2.69. The number of hydrogen-bond donors (Lipinski definition) is 1. The first-order chi connectivity index (χ1) is 8.60. The largest absolute Gasteiger partial charge is 0.449 e. The van der Waals surface area contributed by atoms with Gasteiger partial charge >= 0.3 is 0 Å². The van der Waals surface area contributed by atoms with Gasteiger partial charge in [-0.15, -0.1) is 11.3 Å². The zero-order chi connectivity index (χ0) is 13.1. The molecule has 0 aromatic carbocycles. The lowest BCUT2D eigenvalue weighted by molar-refractivity contribution is 0.453. The smallest absolute Gasteiger partial charge is 0.203 e. The summed E-state index contributed by atoms with van der Waals surface area (Å²) >= 11 is 1.82. The summed E-state index contributed by atoms with van der Waals surface area (Å²) in [5, 5.41) is 12.1. The summed E-state index contributed by atoms with van der Waals surface area (Å²) < 4.78 is 5.33. The first-order valence-electron chi connectivity index (χ1n) is 5.89. The van der Waals surface area contributed by atoms with Gasteiger partial charge in [0.2, 0.25) is 5.76 Å². The van der Waals surface area contributed by atoms with Gasteiger partial charge in [0.05, 0.1) is 6.54 Å². The summed E-state index contributed by atoms with van der Waals surface area (Å²) in [6.07, 6.45) is 0. The molecule has 2 heterocycles. The number of hydrogen-bond acceptors (Lipinski definition) is 4. The van der Waals surface area contributed by atoms with Gasteiger partial charge in [0, 0.05) is 15.8 Å². The molecule has 0 aliphatic heterocycles. The summed E-state index contributed by atoms with van der Waals surface area (Å²) in [6.45, 7) is 7.05. The van der Waals surface area contributed by atoms with E-state index in [1.807, 2.05) is 23.5 Å². The maximum Gasteiger partial charge on any atom is 0.203 e. The van der Waals surface area contributed by atoms with Crippen molar-refractivity contribution < 1.29 is 4.42 Å². The minimum absolute atomic E-state index is 0.283. The predicted octanol–water partition coefficient (Wildman–Crippen LogP) is 3.68. The summed E-state index contributed by atoms with van der Waals surface area (Å²) in [5.74, 6) is 1.16. The molecule has 18 heavy (non-hydrogen) atoms. The third-order valence-corrected chi connectivity index (χ3v) is 3.88. The molecule has 0 spiro atoms. The van der Waals surface area contributed by atoms with Crippen molar-refractivity contribution in [1.29, 1.82) is 5.26 Å². The van der Waals surface area contributed by atoms with Gasteiger partial charge in [-0.1, -0.05) is 0 Å². The average Bonchev–Trinajstić information content (AvgIpc) is 2.92.